The molecule has 3 heteroatoms. The van der Waals surface area contributed by atoms with Crippen LogP contribution < -0.4 is 5.32 Å². The molecule has 1 N–H and O–H groups in total. The molecule has 17 heavy (non-hydrogen) atoms. The number of nitrogens with one attached hydrogen (secondary N) is 1. The van der Waals surface area contributed by atoms with E-state index in [1.165, 1.54) is 6.07 Å². The van der Waals surface area contributed by atoms with E-state index in [9.17, 15) is 4.39 Å². The normalized spacial score (nSPS) is 12.6. The van der Waals surface area contributed by atoms with Gasteiger partial charge in [0.25, 0.3) is 0 Å². The molecule has 1 aromatic carbocycles. The molecule has 0 saturated carbocycles. The Hall–Kier alpha value is -1.61. The van der Waals surface area contributed by atoms with E-state index in [-0.39, 0.29) is 11.9 Å². The zero-order valence-electron chi connectivity index (χ0n) is 10.0. The summed E-state index contributed by atoms with van der Waals surface area (Å²) in [4.78, 5) is 0. The van der Waals surface area contributed by atoms with Gasteiger partial charge in [-0.25, -0.2) is 4.39 Å². The highest BCUT2D eigenvalue weighted by molar-refractivity contribution is 5.31. The lowest BCUT2D eigenvalue weighted by Crippen LogP contribution is -2.23. The van der Waals surface area contributed by atoms with Crippen LogP contribution >= 0.6 is 0 Å². The van der Waals surface area contributed by atoms with Crippen molar-refractivity contribution in [1.29, 1.82) is 0 Å². The van der Waals surface area contributed by atoms with E-state index in [4.69, 9.17) is 4.42 Å². The number of hydrogen-bond donors (Lipinski definition) is 1. The van der Waals surface area contributed by atoms with Crippen LogP contribution in [0.1, 0.15) is 29.9 Å². The van der Waals surface area contributed by atoms with E-state index >= 15 is 0 Å². The van der Waals surface area contributed by atoms with Gasteiger partial charge in [0, 0.05) is 5.56 Å². The van der Waals surface area contributed by atoms with Gasteiger partial charge < -0.3 is 9.73 Å². The molecule has 0 spiro atoms. The molecule has 0 aliphatic rings. The van der Waals surface area contributed by atoms with E-state index < -0.39 is 0 Å². The van der Waals surface area contributed by atoms with Crippen LogP contribution in [0.2, 0.25) is 0 Å². The summed E-state index contributed by atoms with van der Waals surface area (Å²) in [5.74, 6) is 0.561. The molecule has 90 valence electrons. The standard InChI is InChI=1S/C14H16FNO/c1-3-16-13(14-10(2)8-9-17-14)11-6-4-5-7-12(11)15/h4-9,13,16H,3H2,1-2H3. The molecule has 0 saturated heterocycles. The Kier molecular flexibility index (Phi) is 3.59. The minimum absolute atomic E-state index is 0.214. The van der Waals surface area contributed by atoms with Gasteiger partial charge in [-0.15, -0.1) is 0 Å². The lowest BCUT2D eigenvalue weighted by atomic mass is 10.0. The summed E-state index contributed by atoms with van der Waals surface area (Å²) in [7, 11) is 0. The van der Waals surface area contributed by atoms with Crippen LogP contribution in [0.3, 0.4) is 0 Å². The fraction of sp³-hybridized carbons (Fsp3) is 0.286. The van der Waals surface area contributed by atoms with Crippen molar-refractivity contribution in [3.05, 3.63) is 59.3 Å². The second-order valence-electron chi connectivity index (χ2n) is 3.98. The molecule has 0 aliphatic carbocycles. The number of benzene rings is 1. The first-order valence-corrected chi connectivity index (χ1v) is 5.75. The third-order valence-corrected chi connectivity index (χ3v) is 2.79. The van der Waals surface area contributed by atoms with Crippen LogP contribution in [-0.2, 0) is 0 Å². The topological polar surface area (TPSA) is 25.2 Å². The smallest absolute Gasteiger partial charge is 0.128 e. The first-order valence-electron chi connectivity index (χ1n) is 5.75. The van der Waals surface area contributed by atoms with Crippen molar-refractivity contribution >= 4 is 0 Å². The van der Waals surface area contributed by atoms with Gasteiger partial charge in [0.05, 0.1) is 12.3 Å². The highest BCUT2D eigenvalue weighted by Gasteiger charge is 2.20. The zero-order valence-corrected chi connectivity index (χ0v) is 10.0. The summed E-state index contributed by atoms with van der Waals surface area (Å²) in [6, 6.07) is 8.44. The molecule has 0 amide bonds. The van der Waals surface area contributed by atoms with E-state index in [2.05, 4.69) is 5.32 Å². The fourth-order valence-electron chi connectivity index (χ4n) is 1.94. The number of hydrogen-bond acceptors (Lipinski definition) is 2. The number of rotatable bonds is 4. The first kappa shape index (κ1) is 11.9. The average Bonchev–Trinajstić information content (AvgIpc) is 2.74. The largest absolute Gasteiger partial charge is 0.467 e. The van der Waals surface area contributed by atoms with Crippen LogP contribution in [0, 0.1) is 12.7 Å². The monoisotopic (exact) mass is 233 g/mol. The lowest BCUT2D eigenvalue weighted by molar-refractivity contribution is 0.439. The van der Waals surface area contributed by atoms with Gasteiger partial charge in [-0.2, -0.15) is 0 Å². The lowest BCUT2D eigenvalue weighted by Gasteiger charge is -2.17. The number of aryl methyl sites for hydroxylation is 1. The van der Waals surface area contributed by atoms with Crippen molar-refractivity contribution < 1.29 is 8.81 Å². The third kappa shape index (κ3) is 2.39. The van der Waals surface area contributed by atoms with Gasteiger partial charge in [0.1, 0.15) is 11.6 Å². The highest BCUT2D eigenvalue weighted by atomic mass is 19.1. The Labute approximate surface area is 100 Å². The van der Waals surface area contributed by atoms with Gasteiger partial charge in [-0.05, 0) is 31.2 Å². The zero-order chi connectivity index (χ0) is 12.3. The summed E-state index contributed by atoms with van der Waals surface area (Å²) < 4.78 is 19.3. The van der Waals surface area contributed by atoms with E-state index in [0.29, 0.717) is 5.56 Å². The molecule has 2 nitrogen and oxygen atoms in total. The van der Waals surface area contributed by atoms with Crippen molar-refractivity contribution in [3.8, 4) is 0 Å². The van der Waals surface area contributed by atoms with Crippen molar-refractivity contribution in [2.45, 2.75) is 19.9 Å². The maximum absolute atomic E-state index is 13.8. The third-order valence-electron chi connectivity index (χ3n) is 2.79. The Balaban J connectivity index is 2.43. The van der Waals surface area contributed by atoms with E-state index in [0.717, 1.165) is 17.9 Å². The van der Waals surface area contributed by atoms with Gasteiger partial charge >= 0.3 is 0 Å². The highest BCUT2D eigenvalue weighted by Crippen LogP contribution is 2.27. The van der Waals surface area contributed by atoms with Crippen LogP contribution in [0.4, 0.5) is 4.39 Å². The summed E-state index contributed by atoms with van der Waals surface area (Å²) in [6.45, 7) is 4.70. The maximum atomic E-state index is 13.8. The molecular formula is C14H16FNO. The Bertz CT molecular complexity index is 492. The average molecular weight is 233 g/mol. The molecule has 0 fully saturated rings. The molecule has 1 unspecified atom stereocenters. The molecule has 2 rings (SSSR count). The second-order valence-corrected chi connectivity index (χ2v) is 3.98. The molecule has 0 bridgehead atoms. The van der Waals surface area contributed by atoms with Crippen LogP contribution in [0.15, 0.2) is 41.0 Å². The molecule has 1 heterocycles. The van der Waals surface area contributed by atoms with Gasteiger partial charge in [0.2, 0.25) is 0 Å². The predicted molar refractivity (Wildman–Crippen MR) is 65.4 cm³/mol. The minimum Gasteiger partial charge on any atom is -0.467 e. The maximum Gasteiger partial charge on any atom is 0.128 e. The predicted octanol–water partition coefficient (Wildman–Crippen LogP) is 3.43. The van der Waals surface area contributed by atoms with Crippen molar-refractivity contribution in [2.24, 2.45) is 0 Å². The quantitative estimate of drug-likeness (QED) is 0.875. The summed E-state index contributed by atoms with van der Waals surface area (Å²) in [6.07, 6.45) is 1.63. The minimum atomic E-state index is -0.226. The molecule has 1 aromatic heterocycles. The summed E-state index contributed by atoms with van der Waals surface area (Å²) in [5.41, 5.74) is 1.65. The van der Waals surface area contributed by atoms with E-state index in [1.807, 2.05) is 26.0 Å². The SMILES string of the molecule is CCNC(c1ccccc1F)c1occc1C. The molecule has 2 aromatic rings. The molecular weight excluding hydrogens is 217 g/mol. The van der Waals surface area contributed by atoms with Crippen LogP contribution in [0.25, 0.3) is 0 Å². The molecule has 0 aliphatic heterocycles. The van der Waals surface area contributed by atoms with Crippen molar-refractivity contribution in [1.82, 2.24) is 5.32 Å². The summed E-state index contributed by atoms with van der Waals surface area (Å²) >= 11 is 0. The van der Waals surface area contributed by atoms with Crippen LogP contribution in [0.5, 0.6) is 0 Å². The Morgan fingerprint density at radius 1 is 1.29 bits per heavy atom. The molecule has 1 atom stereocenters. The van der Waals surface area contributed by atoms with E-state index in [1.54, 1.807) is 18.4 Å². The van der Waals surface area contributed by atoms with Gasteiger partial charge in [0.15, 0.2) is 0 Å². The summed E-state index contributed by atoms with van der Waals surface area (Å²) in [5, 5.41) is 3.25. The Morgan fingerprint density at radius 2 is 2.06 bits per heavy atom. The molecule has 0 radical (unpaired) electrons. The number of halogens is 1. The first-order chi connectivity index (χ1) is 8.24. The van der Waals surface area contributed by atoms with Gasteiger partial charge in [-0.1, -0.05) is 25.1 Å². The number of furan rings is 1. The van der Waals surface area contributed by atoms with Crippen molar-refractivity contribution in [3.63, 3.8) is 0 Å². The van der Waals surface area contributed by atoms with Gasteiger partial charge in [-0.3, -0.25) is 0 Å². The fourth-order valence-corrected chi connectivity index (χ4v) is 1.94. The van der Waals surface area contributed by atoms with Crippen LogP contribution in [-0.4, -0.2) is 6.54 Å². The van der Waals surface area contributed by atoms with Crippen molar-refractivity contribution in [2.75, 3.05) is 6.54 Å². The Morgan fingerprint density at radius 3 is 2.65 bits per heavy atom. The second kappa shape index (κ2) is 5.15.